The number of nitrogens with one attached hydrogen (secondary N) is 1. The first-order valence-electron chi connectivity index (χ1n) is 15.0. The van der Waals surface area contributed by atoms with E-state index in [0.29, 0.717) is 50.3 Å². The molecule has 0 atom stereocenters. The fraction of sp³-hybridized carbons (Fsp3) is 0.375. The molecule has 12 heteroatoms. The van der Waals surface area contributed by atoms with E-state index in [2.05, 4.69) is 44.6 Å². The number of fused-ring (bicyclic) bond motifs is 3. The quantitative estimate of drug-likeness (QED) is 0.311. The molecule has 1 fully saturated rings. The van der Waals surface area contributed by atoms with Crippen LogP contribution < -0.4 is 14.5 Å². The van der Waals surface area contributed by atoms with Crippen LogP contribution in [-0.4, -0.2) is 82.2 Å². The van der Waals surface area contributed by atoms with E-state index in [4.69, 9.17) is 26.3 Å². The van der Waals surface area contributed by atoms with Crippen LogP contribution >= 0.6 is 11.6 Å². The van der Waals surface area contributed by atoms with Gasteiger partial charge in [0.1, 0.15) is 23.2 Å². The van der Waals surface area contributed by atoms with Gasteiger partial charge in [-0.3, -0.25) is 9.89 Å². The Labute approximate surface area is 260 Å². The van der Waals surface area contributed by atoms with Crippen LogP contribution in [0.15, 0.2) is 43.1 Å². The Bertz CT molecular complexity index is 1750. The van der Waals surface area contributed by atoms with E-state index in [-0.39, 0.29) is 16.9 Å². The molecule has 3 aliphatic heterocycles. The van der Waals surface area contributed by atoms with Gasteiger partial charge in [0, 0.05) is 80.5 Å². The van der Waals surface area contributed by atoms with Crippen molar-refractivity contribution in [2.75, 3.05) is 56.1 Å². The number of benzene rings is 2. The Kier molecular flexibility index (Phi) is 7.59. The summed E-state index contributed by atoms with van der Waals surface area (Å²) in [5.74, 6) is 1.76. The molecule has 3 aliphatic rings. The Morgan fingerprint density at radius 3 is 2.75 bits per heavy atom. The predicted octanol–water partition coefficient (Wildman–Crippen LogP) is 4.71. The summed E-state index contributed by atoms with van der Waals surface area (Å²) in [4.78, 5) is 30.7. The summed E-state index contributed by atoms with van der Waals surface area (Å²) < 4.78 is 21.4. The summed E-state index contributed by atoms with van der Waals surface area (Å²) >= 11 is 6.54. The minimum absolute atomic E-state index is 0.0680. The number of amides is 1. The molecule has 2 aromatic heterocycles. The van der Waals surface area contributed by atoms with Gasteiger partial charge in [-0.2, -0.15) is 15.1 Å². The van der Waals surface area contributed by atoms with Crippen LogP contribution in [0, 0.1) is 5.82 Å². The summed E-state index contributed by atoms with van der Waals surface area (Å²) in [5, 5.41) is 7.84. The highest BCUT2D eigenvalue weighted by Gasteiger charge is 2.31. The number of rotatable bonds is 6. The lowest BCUT2D eigenvalue weighted by molar-refractivity contribution is -0.126. The van der Waals surface area contributed by atoms with Crippen molar-refractivity contribution < 1.29 is 13.9 Å². The van der Waals surface area contributed by atoms with Crippen molar-refractivity contribution in [1.82, 2.24) is 30.0 Å². The molecule has 0 bridgehead atoms. The van der Waals surface area contributed by atoms with Crippen molar-refractivity contribution in [3.63, 3.8) is 0 Å². The lowest BCUT2D eigenvalue weighted by atomic mass is 9.99. The second-order valence-electron chi connectivity index (χ2n) is 11.6. The average molecular weight is 617 g/mol. The van der Waals surface area contributed by atoms with Gasteiger partial charge in [-0.25, -0.2) is 4.39 Å². The number of carbonyl (C=O) groups excluding carboxylic acids is 1. The fourth-order valence-corrected chi connectivity index (χ4v) is 6.78. The number of aromatic amines is 1. The van der Waals surface area contributed by atoms with Crippen molar-refractivity contribution in [2.24, 2.45) is 0 Å². The zero-order valence-corrected chi connectivity index (χ0v) is 25.4. The molecule has 0 saturated carbocycles. The van der Waals surface area contributed by atoms with Gasteiger partial charge in [0.25, 0.3) is 0 Å². The number of hydrogen-bond acceptors (Lipinski definition) is 8. The van der Waals surface area contributed by atoms with E-state index >= 15 is 0 Å². The molecule has 1 N–H and O–H groups in total. The largest absolute Gasteiger partial charge is 0.424 e. The smallest absolute Gasteiger partial charge is 0.325 e. The summed E-state index contributed by atoms with van der Waals surface area (Å²) in [7, 11) is 2.12. The molecule has 10 nitrogen and oxygen atoms in total. The van der Waals surface area contributed by atoms with Crippen LogP contribution in [0.2, 0.25) is 5.02 Å². The van der Waals surface area contributed by atoms with Gasteiger partial charge in [-0.05, 0) is 44.0 Å². The van der Waals surface area contributed by atoms with E-state index in [1.54, 1.807) is 11.1 Å². The van der Waals surface area contributed by atoms with Gasteiger partial charge in [0.15, 0.2) is 0 Å². The van der Waals surface area contributed by atoms with Crippen molar-refractivity contribution in [1.29, 1.82) is 0 Å². The number of halogens is 2. The molecule has 0 spiro atoms. The number of H-pyrrole nitrogens is 1. The summed E-state index contributed by atoms with van der Waals surface area (Å²) in [6.07, 6.45) is 5.58. The third-order valence-corrected chi connectivity index (χ3v) is 9.28. The zero-order valence-electron chi connectivity index (χ0n) is 24.7. The van der Waals surface area contributed by atoms with Crippen molar-refractivity contribution in [2.45, 2.75) is 32.4 Å². The molecule has 7 rings (SSSR count). The highest BCUT2D eigenvalue weighted by atomic mass is 35.5. The van der Waals surface area contributed by atoms with Crippen LogP contribution in [0.5, 0.6) is 11.8 Å². The van der Waals surface area contributed by atoms with E-state index in [1.807, 2.05) is 12.1 Å². The molecule has 0 aliphatic carbocycles. The summed E-state index contributed by atoms with van der Waals surface area (Å²) in [6.45, 7) is 8.90. The van der Waals surface area contributed by atoms with E-state index in [1.165, 1.54) is 23.3 Å². The van der Waals surface area contributed by atoms with E-state index in [9.17, 15) is 9.18 Å². The molecule has 1 saturated heterocycles. The van der Waals surface area contributed by atoms with Crippen LogP contribution in [0.4, 0.5) is 16.0 Å². The molecule has 1 amide bonds. The van der Waals surface area contributed by atoms with Crippen LogP contribution in [-0.2, 0) is 30.7 Å². The SMILES string of the molecule is C=CC(=O)N1CCN(c2nc(Oc3cccc4c3CCN(C)C4)nc3c2CCCN3Cc2c(Cl)c(F)cc3[nH]ncc23)CC1. The Balaban J connectivity index is 1.28. The highest BCUT2D eigenvalue weighted by molar-refractivity contribution is 6.32. The third kappa shape index (κ3) is 5.24. The second-order valence-corrected chi connectivity index (χ2v) is 12.0. The van der Waals surface area contributed by atoms with E-state index in [0.717, 1.165) is 60.7 Å². The van der Waals surface area contributed by atoms with Crippen LogP contribution in [0.25, 0.3) is 10.9 Å². The number of anilines is 2. The second kappa shape index (κ2) is 11.7. The van der Waals surface area contributed by atoms with Gasteiger partial charge in [0.05, 0.1) is 16.7 Å². The maximum Gasteiger partial charge on any atom is 0.325 e. The lowest BCUT2D eigenvalue weighted by Crippen LogP contribution is -2.49. The number of carbonyl (C=O) groups is 1. The zero-order chi connectivity index (χ0) is 30.4. The molecule has 4 aromatic rings. The first-order valence-corrected chi connectivity index (χ1v) is 15.4. The van der Waals surface area contributed by atoms with Gasteiger partial charge in [-0.1, -0.05) is 30.3 Å². The third-order valence-electron chi connectivity index (χ3n) is 8.87. The van der Waals surface area contributed by atoms with Gasteiger partial charge < -0.3 is 24.3 Å². The molecular formula is C32H34ClFN8O2. The lowest BCUT2D eigenvalue weighted by Gasteiger charge is -2.38. The van der Waals surface area contributed by atoms with Crippen molar-refractivity contribution in [3.8, 4) is 11.8 Å². The molecule has 228 valence electrons. The minimum atomic E-state index is -0.491. The first kappa shape index (κ1) is 28.5. The Morgan fingerprint density at radius 2 is 1.93 bits per heavy atom. The average Bonchev–Trinajstić information content (AvgIpc) is 3.51. The Hall–Kier alpha value is -4.22. The maximum atomic E-state index is 14.8. The minimum Gasteiger partial charge on any atom is -0.424 e. The number of ether oxygens (including phenoxy) is 1. The summed E-state index contributed by atoms with van der Waals surface area (Å²) in [5.41, 5.74) is 4.68. The molecule has 0 radical (unpaired) electrons. The maximum absolute atomic E-state index is 14.8. The normalized spacial score (nSPS) is 17.0. The number of nitrogens with zero attached hydrogens (tertiary/aromatic N) is 7. The van der Waals surface area contributed by atoms with Gasteiger partial charge in [0.2, 0.25) is 5.91 Å². The van der Waals surface area contributed by atoms with Gasteiger partial charge >= 0.3 is 6.01 Å². The van der Waals surface area contributed by atoms with Crippen LogP contribution in [0.1, 0.15) is 28.7 Å². The Morgan fingerprint density at radius 1 is 1.11 bits per heavy atom. The first-order chi connectivity index (χ1) is 21.4. The molecule has 44 heavy (non-hydrogen) atoms. The monoisotopic (exact) mass is 616 g/mol. The number of piperazine rings is 1. The molecular weight excluding hydrogens is 583 g/mol. The predicted molar refractivity (Wildman–Crippen MR) is 168 cm³/mol. The van der Waals surface area contributed by atoms with Crippen LogP contribution in [0.3, 0.4) is 0 Å². The number of aromatic nitrogens is 4. The molecule has 2 aromatic carbocycles. The number of likely N-dealkylation sites (N-methyl/N-ethyl adjacent to an activating group) is 1. The summed E-state index contributed by atoms with van der Waals surface area (Å²) in [6, 6.07) is 7.77. The van der Waals surface area contributed by atoms with Gasteiger partial charge in [-0.15, -0.1) is 0 Å². The fourth-order valence-electron chi connectivity index (χ4n) is 6.56. The van der Waals surface area contributed by atoms with Crippen molar-refractivity contribution >= 4 is 40.0 Å². The molecule has 0 unspecified atom stereocenters. The van der Waals surface area contributed by atoms with Crippen molar-refractivity contribution in [3.05, 3.63) is 76.2 Å². The standard InChI is InChI=1S/C32H34ClFN8O2/c1-3-28(43)40-12-14-41(15-13-40)30-22-7-5-10-42(19-24-23-17-35-38-26(23)16-25(34)29(24)33)31(22)37-32(36-30)44-27-8-4-6-20-18-39(2)11-9-21(20)27/h3-4,6,8,16-17H,1,5,7,9-15,18-19H2,2H3,(H,35,38). The van der Waals surface area contributed by atoms with E-state index < -0.39 is 5.82 Å². The topological polar surface area (TPSA) is 93.7 Å². The molecule has 5 heterocycles. The highest BCUT2D eigenvalue weighted by Crippen LogP contribution is 2.39. The number of hydrogen-bond donors (Lipinski definition) is 1.